The number of hydrogen-bond acceptors (Lipinski definition) is 2. The van der Waals surface area contributed by atoms with Crippen LogP contribution in [-0.4, -0.2) is 17.8 Å². The van der Waals surface area contributed by atoms with E-state index in [1.807, 2.05) is 25.6 Å². The van der Waals surface area contributed by atoms with Crippen LogP contribution in [0.4, 0.5) is 0 Å². The van der Waals surface area contributed by atoms with Crippen molar-refractivity contribution in [2.75, 3.05) is 6.26 Å². The summed E-state index contributed by atoms with van der Waals surface area (Å²) >= 11 is 1.70. The van der Waals surface area contributed by atoms with E-state index in [4.69, 9.17) is 0 Å². The van der Waals surface area contributed by atoms with Gasteiger partial charge in [-0.2, -0.15) is 0 Å². The molecule has 0 aliphatic carbocycles. The van der Waals surface area contributed by atoms with Gasteiger partial charge in [-0.1, -0.05) is 11.5 Å². The molecule has 0 bridgehead atoms. The highest BCUT2D eigenvalue weighted by Gasteiger charge is 1.92. The number of pyridine rings is 1. The minimum absolute atomic E-state index is 1.19. The molecule has 1 radical (unpaired) electrons. The lowest BCUT2D eigenvalue weighted by molar-refractivity contribution is 1.29. The Morgan fingerprint density at radius 3 is 2.90 bits per heavy atom. The number of rotatable bonds is 2. The molecule has 0 atom stereocenters. The molecule has 1 rings (SSSR count). The zero-order chi connectivity index (χ0) is 7.40. The lowest BCUT2D eigenvalue weighted by atomic mass is 9.96. The molecule has 1 heterocycles. The molecule has 10 heavy (non-hydrogen) atoms. The third kappa shape index (κ3) is 2.07. The van der Waals surface area contributed by atoms with Crippen LogP contribution in [0.25, 0.3) is 0 Å². The Morgan fingerprint density at radius 2 is 2.30 bits per heavy atom. The Hall–Kier alpha value is -0.435. The fourth-order valence-electron chi connectivity index (χ4n) is 0.779. The molecule has 0 N–H and O–H groups in total. The highest BCUT2D eigenvalue weighted by Crippen LogP contribution is 1.92. The number of hydrogen-bond donors (Lipinski definition) is 0. The van der Waals surface area contributed by atoms with Crippen LogP contribution in [0.15, 0.2) is 18.5 Å². The first-order chi connectivity index (χ1) is 4.83. The van der Waals surface area contributed by atoms with Crippen molar-refractivity contribution in [2.45, 2.75) is 6.92 Å². The van der Waals surface area contributed by atoms with Crippen LogP contribution >= 0.6 is 11.6 Å². The van der Waals surface area contributed by atoms with E-state index in [0.717, 1.165) is 0 Å². The first kappa shape index (κ1) is 7.67. The lowest BCUT2D eigenvalue weighted by Crippen LogP contribution is -2.11. The van der Waals surface area contributed by atoms with E-state index in [1.165, 1.54) is 11.0 Å². The fourth-order valence-corrected chi connectivity index (χ4v) is 1.18. The highest BCUT2D eigenvalue weighted by atomic mass is 32.2. The van der Waals surface area contributed by atoms with Gasteiger partial charge in [-0.15, -0.1) is 0 Å². The van der Waals surface area contributed by atoms with Crippen molar-refractivity contribution in [3.05, 3.63) is 24.0 Å². The molecule has 0 unspecified atom stereocenters. The van der Waals surface area contributed by atoms with Crippen molar-refractivity contribution in [3.8, 4) is 0 Å². The van der Waals surface area contributed by atoms with Crippen LogP contribution in [0.5, 0.6) is 0 Å². The summed E-state index contributed by atoms with van der Waals surface area (Å²) < 4.78 is 0. The van der Waals surface area contributed by atoms with Gasteiger partial charge in [0.15, 0.2) is 0 Å². The smallest absolute Gasteiger partial charge is 0.231 e. The molecule has 0 saturated heterocycles. The Kier molecular flexibility index (Phi) is 2.81. The van der Waals surface area contributed by atoms with Gasteiger partial charge in [-0.25, -0.2) is 11.6 Å². The molecule has 1 nitrogen and oxygen atoms in total. The SMILES string of the molecule is CS[B]c1cncc(C)c1. The molecule has 51 valence electrons. The second-order valence-corrected chi connectivity index (χ2v) is 2.86. The second kappa shape index (κ2) is 3.66. The van der Waals surface area contributed by atoms with Gasteiger partial charge in [0, 0.05) is 12.4 Å². The van der Waals surface area contributed by atoms with Gasteiger partial charge < -0.3 is 0 Å². The molecule has 0 aliphatic rings. The Bertz CT molecular complexity index is 215. The largest absolute Gasteiger partial charge is 0.265 e. The monoisotopic (exact) mass is 150 g/mol. The maximum atomic E-state index is 4.06. The van der Waals surface area contributed by atoms with Crippen molar-refractivity contribution >= 4 is 23.6 Å². The Balaban J connectivity index is 2.75. The highest BCUT2D eigenvalue weighted by molar-refractivity contribution is 8.23. The first-order valence-corrected chi connectivity index (χ1v) is 4.39. The van der Waals surface area contributed by atoms with Crippen molar-refractivity contribution in [1.29, 1.82) is 0 Å². The Morgan fingerprint density at radius 1 is 1.50 bits per heavy atom. The van der Waals surface area contributed by atoms with Crippen LogP contribution < -0.4 is 5.46 Å². The van der Waals surface area contributed by atoms with Gasteiger partial charge in [0.25, 0.3) is 0 Å². The zero-order valence-corrected chi connectivity index (χ0v) is 6.98. The third-order valence-electron chi connectivity index (χ3n) is 1.15. The lowest BCUT2D eigenvalue weighted by Gasteiger charge is -1.95. The Labute approximate surface area is 66.4 Å². The first-order valence-electron chi connectivity index (χ1n) is 3.10. The molecule has 1 aromatic heterocycles. The van der Waals surface area contributed by atoms with Crippen LogP contribution in [0, 0.1) is 6.92 Å². The molecule has 0 spiro atoms. The van der Waals surface area contributed by atoms with E-state index >= 15 is 0 Å². The second-order valence-electron chi connectivity index (χ2n) is 2.15. The molecule has 0 aromatic carbocycles. The van der Waals surface area contributed by atoms with Gasteiger partial charge in [0.2, 0.25) is 6.56 Å². The molecule has 1 aromatic rings. The summed E-state index contributed by atoms with van der Waals surface area (Å²) in [5, 5.41) is 0. The van der Waals surface area contributed by atoms with Crippen LogP contribution in [0.1, 0.15) is 5.56 Å². The molecule has 0 fully saturated rings. The van der Waals surface area contributed by atoms with E-state index in [9.17, 15) is 0 Å². The normalized spacial score (nSPS) is 9.40. The van der Waals surface area contributed by atoms with Crippen molar-refractivity contribution in [3.63, 3.8) is 0 Å². The van der Waals surface area contributed by atoms with Crippen molar-refractivity contribution in [1.82, 2.24) is 4.98 Å². The van der Waals surface area contributed by atoms with Crippen LogP contribution in [-0.2, 0) is 0 Å². The van der Waals surface area contributed by atoms with Gasteiger partial charge in [-0.3, -0.25) is 4.98 Å². The molecule has 0 amide bonds. The van der Waals surface area contributed by atoms with E-state index in [-0.39, 0.29) is 0 Å². The minimum Gasteiger partial charge on any atom is -0.265 e. The predicted octanol–water partition coefficient (Wildman–Crippen LogP) is 0.998. The summed E-state index contributed by atoms with van der Waals surface area (Å²) in [5.74, 6) is 0. The summed E-state index contributed by atoms with van der Waals surface area (Å²) in [6.45, 7) is 4.13. The summed E-state index contributed by atoms with van der Waals surface area (Å²) in [4.78, 5) is 4.06. The van der Waals surface area contributed by atoms with E-state index in [2.05, 4.69) is 17.6 Å². The quantitative estimate of drug-likeness (QED) is 0.583. The van der Waals surface area contributed by atoms with E-state index in [1.54, 1.807) is 11.6 Å². The number of aromatic nitrogens is 1. The van der Waals surface area contributed by atoms with Crippen molar-refractivity contribution < 1.29 is 0 Å². The third-order valence-corrected chi connectivity index (χ3v) is 1.66. The average Bonchev–Trinajstić information content (AvgIpc) is 1.88. The predicted molar refractivity (Wildman–Crippen MR) is 47.9 cm³/mol. The van der Waals surface area contributed by atoms with E-state index < -0.39 is 0 Å². The molecule has 0 saturated carbocycles. The molecular weight excluding hydrogens is 141 g/mol. The number of aryl methyl sites for hydroxylation is 1. The molecule has 3 heteroatoms. The fraction of sp³-hybridized carbons (Fsp3) is 0.286. The molecule has 0 aliphatic heterocycles. The topological polar surface area (TPSA) is 12.9 Å². The van der Waals surface area contributed by atoms with Gasteiger partial charge in [-0.05, 0) is 18.7 Å². The summed E-state index contributed by atoms with van der Waals surface area (Å²) in [6, 6.07) is 2.11. The average molecular weight is 150 g/mol. The summed E-state index contributed by atoms with van der Waals surface area (Å²) in [6.07, 6.45) is 5.77. The minimum atomic E-state index is 1.19. The van der Waals surface area contributed by atoms with Crippen molar-refractivity contribution in [2.24, 2.45) is 0 Å². The zero-order valence-electron chi connectivity index (χ0n) is 6.16. The van der Waals surface area contributed by atoms with Gasteiger partial charge in [0.1, 0.15) is 0 Å². The molecular formula is C7H9BNS. The standard InChI is InChI=1S/C7H9BNS/c1-6-3-7(8-10-2)5-9-4-6/h3-5H,1-2H3. The number of nitrogens with zero attached hydrogens (tertiary/aromatic N) is 1. The summed E-state index contributed by atoms with van der Waals surface area (Å²) in [7, 11) is 0. The van der Waals surface area contributed by atoms with Crippen LogP contribution in [0.3, 0.4) is 0 Å². The van der Waals surface area contributed by atoms with Crippen LogP contribution in [0.2, 0.25) is 0 Å². The van der Waals surface area contributed by atoms with Gasteiger partial charge in [0.05, 0.1) is 0 Å². The van der Waals surface area contributed by atoms with Gasteiger partial charge >= 0.3 is 0 Å². The maximum absolute atomic E-state index is 4.06. The maximum Gasteiger partial charge on any atom is 0.231 e. The van der Waals surface area contributed by atoms with E-state index in [0.29, 0.717) is 0 Å². The summed E-state index contributed by atoms with van der Waals surface area (Å²) in [5.41, 5.74) is 2.40.